The molecule has 1 aliphatic heterocycles. The van der Waals surface area contributed by atoms with Crippen LogP contribution < -0.4 is 5.32 Å². The summed E-state index contributed by atoms with van der Waals surface area (Å²) in [4.78, 5) is 26.7. The highest BCUT2D eigenvalue weighted by Crippen LogP contribution is 2.29. The molecule has 0 aliphatic carbocycles. The molecule has 0 bridgehead atoms. The highest BCUT2D eigenvalue weighted by atomic mass is 16.6. The van der Waals surface area contributed by atoms with Crippen molar-refractivity contribution in [3.05, 3.63) is 59.7 Å². The maximum Gasteiger partial charge on any atom is 0.412 e. The number of hydrogen-bond acceptors (Lipinski definition) is 4. The van der Waals surface area contributed by atoms with Gasteiger partial charge < -0.3 is 14.7 Å². The minimum Gasteiger partial charge on any atom is -0.508 e. The maximum atomic E-state index is 12.9. The maximum absolute atomic E-state index is 12.9. The Morgan fingerprint density at radius 1 is 1.07 bits per heavy atom. The van der Waals surface area contributed by atoms with Gasteiger partial charge in [0.15, 0.2) is 0 Å². The van der Waals surface area contributed by atoms with Crippen molar-refractivity contribution in [2.45, 2.75) is 45.1 Å². The molecule has 0 unspecified atom stereocenters. The van der Waals surface area contributed by atoms with Gasteiger partial charge in [0, 0.05) is 24.3 Å². The number of hydrogen-bond donors (Lipinski definition) is 2. The molecule has 6 heteroatoms. The molecule has 1 saturated heterocycles. The number of carbonyl (C=O) groups excluding carboxylic acids is 2. The average molecular weight is 396 g/mol. The van der Waals surface area contributed by atoms with E-state index < -0.39 is 11.7 Å². The predicted octanol–water partition coefficient (Wildman–Crippen LogP) is 4.76. The predicted molar refractivity (Wildman–Crippen MR) is 112 cm³/mol. The van der Waals surface area contributed by atoms with Crippen LogP contribution in [0.5, 0.6) is 5.75 Å². The van der Waals surface area contributed by atoms with Crippen LogP contribution in [0.4, 0.5) is 10.5 Å². The standard InChI is InChI=1S/C23H28N2O4/c1-23(2,3)29-22(28)24-19-6-4-5-18(15-19)21(27)25-13-11-17(12-14-25)16-7-9-20(26)10-8-16/h4-10,15,17,26H,11-14H2,1-3H3,(H,24,28). The van der Waals surface area contributed by atoms with Crippen LogP contribution in [-0.2, 0) is 4.74 Å². The molecule has 154 valence electrons. The molecule has 2 N–H and O–H groups in total. The lowest BCUT2D eigenvalue weighted by molar-refractivity contribution is 0.0634. The summed E-state index contributed by atoms with van der Waals surface area (Å²) in [6.45, 7) is 6.75. The molecule has 0 saturated carbocycles. The lowest BCUT2D eigenvalue weighted by Gasteiger charge is -2.32. The Morgan fingerprint density at radius 3 is 2.34 bits per heavy atom. The fourth-order valence-electron chi connectivity index (χ4n) is 3.50. The van der Waals surface area contributed by atoms with Gasteiger partial charge in [-0.25, -0.2) is 4.79 Å². The van der Waals surface area contributed by atoms with Crippen molar-refractivity contribution in [2.75, 3.05) is 18.4 Å². The summed E-state index contributed by atoms with van der Waals surface area (Å²) in [6, 6.07) is 14.2. The van der Waals surface area contributed by atoms with Gasteiger partial charge in [0.25, 0.3) is 5.91 Å². The van der Waals surface area contributed by atoms with Crippen molar-refractivity contribution in [1.82, 2.24) is 4.90 Å². The average Bonchev–Trinajstić information content (AvgIpc) is 2.67. The van der Waals surface area contributed by atoms with Gasteiger partial charge in [0.1, 0.15) is 11.4 Å². The molecular formula is C23H28N2O4. The Balaban J connectivity index is 1.59. The van der Waals surface area contributed by atoms with E-state index in [0.29, 0.717) is 30.3 Å². The van der Waals surface area contributed by atoms with E-state index in [-0.39, 0.29) is 11.7 Å². The minimum absolute atomic E-state index is 0.0398. The van der Waals surface area contributed by atoms with Gasteiger partial charge >= 0.3 is 6.09 Å². The zero-order chi connectivity index (χ0) is 21.0. The zero-order valence-electron chi connectivity index (χ0n) is 17.1. The molecule has 0 aromatic heterocycles. The molecule has 2 aromatic carbocycles. The van der Waals surface area contributed by atoms with E-state index in [4.69, 9.17) is 4.74 Å². The lowest BCUT2D eigenvalue weighted by atomic mass is 9.89. The van der Waals surface area contributed by atoms with E-state index in [1.54, 1.807) is 57.2 Å². The first-order valence-electron chi connectivity index (χ1n) is 9.89. The molecule has 29 heavy (non-hydrogen) atoms. The normalized spacial score (nSPS) is 15.1. The van der Waals surface area contributed by atoms with Gasteiger partial charge in [-0.1, -0.05) is 18.2 Å². The number of benzene rings is 2. The molecule has 0 radical (unpaired) electrons. The van der Waals surface area contributed by atoms with Crippen LogP contribution in [0.25, 0.3) is 0 Å². The summed E-state index contributed by atoms with van der Waals surface area (Å²) in [5.74, 6) is 0.614. The van der Waals surface area contributed by atoms with Gasteiger partial charge in [0.05, 0.1) is 0 Å². The zero-order valence-corrected chi connectivity index (χ0v) is 17.1. The topological polar surface area (TPSA) is 78.9 Å². The van der Waals surface area contributed by atoms with E-state index in [2.05, 4.69) is 5.32 Å². The molecule has 3 rings (SSSR count). The van der Waals surface area contributed by atoms with Crippen molar-refractivity contribution in [1.29, 1.82) is 0 Å². The molecule has 1 heterocycles. The van der Waals surface area contributed by atoms with E-state index in [1.165, 1.54) is 5.56 Å². The summed E-state index contributed by atoms with van der Waals surface area (Å²) in [5.41, 5.74) is 1.68. The van der Waals surface area contributed by atoms with Crippen LogP contribution in [-0.4, -0.2) is 40.7 Å². The SMILES string of the molecule is CC(C)(C)OC(=O)Nc1cccc(C(=O)N2CCC(c3ccc(O)cc3)CC2)c1. The fourth-order valence-corrected chi connectivity index (χ4v) is 3.50. The van der Waals surface area contributed by atoms with Crippen LogP contribution in [0.2, 0.25) is 0 Å². The number of carbonyl (C=O) groups is 2. The summed E-state index contributed by atoms with van der Waals surface area (Å²) < 4.78 is 5.26. The number of nitrogens with one attached hydrogen (secondary N) is 1. The van der Waals surface area contributed by atoms with Crippen LogP contribution in [0.3, 0.4) is 0 Å². The smallest absolute Gasteiger partial charge is 0.412 e. The van der Waals surface area contributed by atoms with Gasteiger partial charge in [-0.2, -0.15) is 0 Å². The molecule has 0 spiro atoms. The highest BCUT2D eigenvalue weighted by Gasteiger charge is 2.25. The third-order valence-corrected chi connectivity index (χ3v) is 4.90. The lowest BCUT2D eigenvalue weighted by Crippen LogP contribution is -2.38. The molecule has 6 nitrogen and oxygen atoms in total. The number of rotatable bonds is 3. The first-order chi connectivity index (χ1) is 13.7. The number of anilines is 1. The van der Waals surface area contributed by atoms with Crippen LogP contribution in [0, 0.1) is 0 Å². The number of ether oxygens (including phenoxy) is 1. The van der Waals surface area contributed by atoms with E-state index >= 15 is 0 Å². The van der Waals surface area contributed by atoms with E-state index in [9.17, 15) is 14.7 Å². The molecule has 1 aliphatic rings. The number of piperidine rings is 1. The number of nitrogens with zero attached hydrogens (tertiary/aromatic N) is 1. The quantitative estimate of drug-likeness (QED) is 0.784. The number of aromatic hydroxyl groups is 1. The van der Waals surface area contributed by atoms with Crippen molar-refractivity contribution < 1.29 is 19.4 Å². The second-order valence-electron chi connectivity index (χ2n) is 8.37. The van der Waals surface area contributed by atoms with Gasteiger partial charge in [0.2, 0.25) is 0 Å². The summed E-state index contributed by atoms with van der Waals surface area (Å²) in [6.07, 6.45) is 1.22. The second kappa shape index (κ2) is 8.55. The Kier molecular flexibility index (Phi) is 6.11. The van der Waals surface area contributed by atoms with Crippen LogP contribution in [0.15, 0.2) is 48.5 Å². The highest BCUT2D eigenvalue weighted by molar-refractivity contribution is 5.96. The third-order valence-electron chi connectivity index (χ3n) is 4.90. The van der Waals surface area contributed by atoms with Crippen LogP contribution in [0.1, 0.15) is 55.5 Å². The van der Waals surface area contributed by atoms with Crippen molar-refractivity contribution in [3.63, 3.8) is 0 Å². The Hall–Kier alpha value is -3.02. The molecule has 1 fully saturated rings. The number of amides is 2. The monoisotopic (exact) mass is 396 g/mol. The molecule has 0 atom stereocenters. The Labute approximate surface area is 171 Å². The number of phenolic OH excluding ortho intramolecular Hbond substituents is 1. The largest absolute Gasteiger partial charge is 0.508 e. The number of likely N-dealkylation sites (tertiary alicyclic amines) is 1. The molecule has 2 amide bonds. The molecular weight excluding hydrogens is 368 g/mol. The Bertz CT molecular complexity index is 863. The van der Waals surface area contributed by atoms with Gasteiger partial charge in [-0.15, -0.1) is 0 Å². The fraction of sp³-hybridized carbons (Fsp3) is 0.391. The van der Waals surface area contributed by atoms with E-state index in [0.717, 1.165) is 12.8 Å². The van der Waals surface area contributed by atoms with Crippen molar-refractivity contribution >= 4 is 17.7 Å². The first-order valence-corrected chi connectivity index (χ1v) is 9.89. The second-order valence-corrected chi connectivity index (χ2v) is 8.37. The van der Waals surface area contributed by atoms with Crippen LogP contribution >= 0.6 is 0 Å². The van der Waals surface area contributed by atoms with Crippen molar-refractivity contribution in [3.8, 4) is 5.75 Å². The van der Waals surface area contributed by atoms with Gasteiger partial charge in [-0.05, 0) is 75.4 Å². The van der Waals surface area contributed by atoms with Gasteiger partial charge in [-0.3, -0.25) is 10.1 Å². The van der Waals surface area contributed by atoms with Crippen molar-refractivity contribution in [2.24, 2.45) is 0 Å². The summed E-state index contributed by atoms with van der Waals surface area (Å²) in [5, 5.41) is 12.1. The number of phenols is 1. The minimum atomic E-state index is -0.584. The summed E-state index contributed by atoms with van der Waals surface area (Å²) in [7, 11) is 0. The van der Waals surface area contributed by atoms with E-state index in [1.807, 2.05) is 17.0 Å². The third kappa shape index (κ3) is 5.73. The molecule has 2 aromatic rings. The Morgan fingerprint density at radius 2 is 1.72 bits per heavy atom. The summed E-state index contributed by atoms with van der Waals surface area (Å²) >= 11 is 0. The first kappa shape index (κ1) is 20.7.